The van der Waals surface area contributed by atoms with Gasteiger partial charge in [0.25, 0.3) is 0 Å². The van der Waals surface area contributed by atoms with Crippen LogP contribution in [0.15, 0.2) is 24.3 Å². The Labute approximate surface area is 122 Å². The molecule has 0 radical (unpaired) electrons. The minimum Gasteiger partial charge on any atom is -0.497 e. The largest absolute Gasteiger partial charge is 0.497 e. The van der Waals surface area contributed by atoms with Gasteiger partial charge in [-0.15, -0.1) is 0 Å². The second-order valence-corrected chi connectivity index (χ2v) is 4.41. The lowest BCUT2D eigenvalue weighted by atomic mass is 10.3. The monoisotopic (exact) mass is 294 g/mol. The van der Waals surface area contributed by atoms with Crippen molar-refractivity contribution in [2.45, 2.75) is 0 Å². The highest BCUT2D eigenvalue weighted by Gasteiger charge is 2.23. The third kappa shape index (κ3) is 4.55. The van der Waals surface area contributed by atoms with E-state index in [1.165, 1.54) is 4.90 Å². The van der Waals surface area contributed by atoms with E-state index in [2.05, 4.69) is 5.32 Å². The molecule has 114 valence electrons. The van der Waals surface area contributed by atoms with Crippen molar-refractivity contribution >= 4 is 12.0 Å². The number of nitrogens with zero attached hydrogens (tertiary/aromatic N) is 1. The molecule has 7 heteroatoms. The zero-order chi connectivity index (χ0) is 15.1. The van der Waals surface area contributed by atoms with Gasteiger partial charge in [-0.25, -0.2) is 4.79 Å². The van der Waals surface area contributed by atoms with Gasteiger partial charge in [0.05, 0.1) is 20.2 Å². The first-order chi connectivity index (χ1) is 10.2. The molecular formula is C14H18N2O5. The Kier molecular flexibility index (Phi) is 5.25. The first-order valence-electron chi connectivity index (χ1n) is 6.64. The topological polar surface area (TPSA) is 77.1 Å². The molecule has 0 unspecified atom stereocenters. The Hall–Kier alpha value is -2.44. The molecule has 0 bridgehead atoms. The van der Waals surface area contributed by atoms with Crippen LogP contribution in [0.25, 0.3) is 0 Å². The molecule has 1 saturated heterocycles. The first kappa shape index (κ1) is 15.0. The van der Waals surface area contributed by atoms with Crippen LogP contribution < -0.4 is 14.8 Å². The number of benzene rings is 1. The lowest BCUT2D eigenvalue weighted by molar-refractivity contribution is -0.121. The van der Waals surface area contributed by atoms with Crippen LogP contribution in [0.3, 0.4) is 0 Å². The molecule has 1 aliphatic heterocycles. The molecule has 2 rings (SSSR count). The SMILES string of the molecule is COc1ccc(OCCNC(=O)CN2CCOC2=O)cc1. The van der Waals surface area contributed by atoms with Crippen LogP contribution in [0.4, 0.5) is 4.79 Å². The fraction of sp³-hybridized carbons (Fsp3) is 0.429. The summed E-state index contributed by atoms with van der Waals surface area (Å²) in [5.74, 6) is 1.23. The number of cyclic esters (lactones) is 1. The molecule has 1 N–H and O–H groups in total. The summed E-state index contributed by atoms with van der Waals surface area (Å²) in [6.45, 7) is 1.53. The van der Waals surface area contributed by atoms with Crippen LogP contribution in [0.1, 0.15) is 0 Å². The van der Waals surface area contributed by atoms with E-state index >= 15 is 0 Å². The molecule has 1 aliphatic rings. The second-order valence-electron chi connectivity index (χ2n) is 4.41. The summed E-state index contributed by atoms with van der Waals surface area (Å²) in [4.78, 5) is 24.1. The summed E-state index contributed by atoms with van der Waals surface area (Å²) in [6, 6.07) is 7.18. The summed E-state index contributed by atoms with van der Waals surface area (Å²) < 4.78 is 15.3. The molecule has 1 aromatic carbocycles. The van der Waals surface area contributed by atoms with Gasteiger partial charge in [-0.3, -0.25) is 9.69 Å². The van der Waals surface area contributed by atoms with Crippen molar-refractivity contribution in [3.05, 3.63) is 24.3 Å². The lowest BCUT2D eigenvalue weighted by Crippen LogP contribution is -2.39. The van der Waals surface area contributed by atoms with Crippen molar-refractivity contribution in [1.82, 2.24) is 10.2 Å². The zero-order valence-corrected chi connectivity index (χ0v) is 11.8. The molecule has 1 heterocycles. The van der Waals surface area contributed by atoms with Gasteiger partial charge in [0, 0.05) is 0 Å². The number of hydrogen-bond donors (Lipinski definition) is 1. The normalized spacial score (nSPS) is 13.8. The van der Waals surface area contributed by atoms with Gasteiger partial charge in [-0.1, -0.05) is 0 Å². The van der Waals surface area contributed by atoms with E-state index in [0.29, 0.717) is 32.1 Å². The maximum atomic E-state index is 11.6. The summed E-state index contributed by atoms with van der Waals surface area (Å²) >= 11 is 0. The van der Waals surface area contributed by atoms with Crippen LogP contribution >= 0.6 is 0 Å². The van der Waals surface area contributed by atoms with Crippen LogP contribution in [-0.2, 0) is 9.53 Å². The molecule has 2 amide bonds. The highest BCUT2D eigenvalue weighted by atomic mass is 16.6. The van der Waals surface area contributed by atoms with Gasteiger partial charge in [0.1, 0.15) is 31.3 Å². The molecule has 0 saturated carbocycles. The van der Waals surface area contributed by atoms with Crippen LogP contribution in [0.2, 0.25) is 0 Å². The van der Waals surface area contributed by atoms with Crippen molar-refractivity contribution < 1.29 is 23.8 Å². The van der Waals surface area contributed by atoms with E-state index in [1.807, 2.05) is 0 Å². The van der Waals surface area contributed by atoms with Crippen LogP contribution in [-0.4, -0.2) is 56.9 Å². The third-order valence-electron chi connectivity index (χ3n) is 2.93. The minimum absolute atomic E-state index is 0.0152. The molecule has 21 heavy (non-hydrogen) atoms. The number of carbonyl (C=O) groups excluding carboxylic acids is 2. The predicted molar refractivity (Wildman–Crippen MR) is 74.4 cm³/mol. The number of methoxy groups -OCH3 is 1. The Bertz CT molecular complexity index is 489. The average Bonchev–Trinajstić information content (AvgIpc) is 2.89. The number of carbonyl (C=O) groups is 2. The summed E-state index contributed by atoms with van der Waals surface area (Å²) in [5.41, 5.74) is 0. The van der Waals surface area contributed by atoms with E-state index in [9.17, 15) is 9.59 Å². The summed E-state index contributed by atoms with van der Waals surface area (Å²) in [6.07, 6.45) is -0.445. The van der Waals surface area contributed by atoms with Crippen LogP contribution in [0.5, 0.6) is 11.5 Å². The molecule has 1 aromatic rings. The number of nitrogens with one attached hydrogen (secondary N) is 1. The maximum Gasteiger partial charge on any atom is 0.410 e. The van der Waals surface area contributed by atoms with Gasteiger partial charge in [0.2, 0.25) is 5.91 Å². The van der Waals surface area contributed by atoms with Crippen LogP contribution in [0, 0.1) is 0 Å². The maximum absolute atomic E-state index is 11.6. The summed E-state index contributed by atoms with van der Waals surface area (Å²) in [5, 5.41) is 2.68. The van der Waals surface area contributed by atoms with E-state index in [4.69, 9.17) is 14.2 Å². The van der Waals surface area contributed by atoms with Crippen molar-refractivity contribution in [3.63, 3.8) is 0 Å². The van der Waals surface area contributed by atoms with Gasteiger partial charge >= 0.3 is 6.09 Å². The first-order valence-corrected chi connectivity index (χ1v) is 6.64. The van der Waals surface area contributed by atoms with E-state index < -0.39 is 6.09 Å². The molecule has 1 fully saturated rings. The molecular weight excluding hydrogens is 276 g/mol. The quantitative estimate of drug-likeness (QED) is 0.747. The second kappa shape index (κ2) is 7.37. The smallest absolute Gasteiger partial charge is 0.410 e. The highest BCUT2D eigenvalue weighted by Crippen LogP contribution is 2.16. The van der Waals surface area contributed by atoms with E-state index in [-0.39, 0.29) is 12.5 Å². The van der Waals surface area contributed by atoms with E-state index in [1.54, 1.807) is 31.4 Å². The lowest BCUT2D eigenvalue weighted by Gasteiger charge is -2.12. The van der Waals surface area contributed by atoms with Crippen molar-refractivity contribution in [2.24, 2.45) is 0 Å². The Balaban J connectivity index is 1.62. The van der Waals surface area contributed by atoms with Gasteiger partial charge < -0.3 is 19.5 Å². The number of rotatable bonds is 7. The third-order valence-corrected chi connectivity index (χ3v) is 2.93. The number of amides is 2. The van der Waals surface area contributed by atoms with Crippen molar-refractivity contribution in [1.29, 1.82) is 0 Å². The highest BCUT2D eigenvalue weighted by molar-refractivity contribution is 5.82. The van der Waals surface area contributed by atoms with Crippen molar-refractivity contribution in [2.75, 3.05) is 40.0 Å². The average molecular weight is 294 g/mol. The van der Waals surface area contributed by atoms with Gasteiger partial charge in [0.15, 0.2) is 0 Å². The predicted octanol–water partition coefficient (Wildman–Crippen LogP) is 0.642. The van der Waals surface area contributed by atoms with Gasteiger partial charge in [-0.05, 0) is 24.3 Å². The van der Waals surface area contributed by atoms with E-state index in [0.717, 1.165) is 5.75 Å². The molecule has 0 aliphatic carbocycles. The minimum atomic E-state index is -0.445. The number of ether oxygens (including phenoxy) is 3. The zero-order valence-electron chi connectivity index (χ0n) is 11.8. The number of hydrogen-bond acceptors (Lipinski definition) is 5. The molecule has 7 nitrogen and oxygen atoms in total. The Morgan fingerprint density at radius 3 is 2.67 bits per heavy atom. The Morgan fingerprint density at radius 2 is 2.05 bits per heavy atom. The Morgan fingerprint density at radius 1 is 1.33 bits per heavy atom. The standard InChI is InChI=1S/C14H18N2O5/c1-19-11-2-4-12(5-3-11)20-8-6-15-13(17)10-16-7-9-21-14(16)18/h2-5H,6-10H2,1H3,(H,15,17). The fourth-order valence-electron chi connectivity index (χ4n) is 1.83. The molecule has 0 spiro atoms. The molecule has 0 atom stereocenters. The summed E-state index contributed by atoms with van der Waals surface area (Å²) in [7, 11) is 1.60. The molecule has 0 aromatic heterocycles. The fourth-order valence-corrected chi connectivity index (χ4v) is 1.83. The van der Waals surface area contributed by atoms with Crippen molar-refractivity contribution in [3.8, 4) is 11.5 Å². The van der Waals surface area contributed by atoms with Gasteiger partial charge in [-0.2, -0.15) is 0 Å².